The molecular weight excluding hydrogens is 310 g/mol. The Bertz CT molecular complexity index is 649. The monoisotopic (exact) mass is 339 g/mol. The van der Waals surface area contributed by atoms with Gasteiger partial charge in [-0.05, 0) is 67.0 Å². The van der Waals surface area contributed by atoms with E-state index < -0.39 is 0 Å². The first-order valence-electron chi connectivity index (χ1n) is 9.36. The van der Waals surface area contributed by atoms with Crippen molar-refractivity contribution < 1.29 is 9.84 Å². The number of aromatic hydroxyl groups is 1. The molecule has 3 heteroatoms. The molecule has 0 unspecified atom stereocenters. The van der Waals surface area contributed by atoms with Crippen molar-refractivity contribution in [2.24, 2.45) is 5.92 Å². The lowest BCUT2D eigenvalue weighted by atomic mass is 9.85. The summed E-state index contributed by atoms with van der Waals surface area (Å²) in [4.78, 5) is 2.61. The number of methoxy groups -OCH3 is 1. The zero-order chi connectivity index (χ0) is 17.5. The van der Waals surface area contributed by atoms with Gasteiger partial charge < -0.3 is 14.7 Å². The van der Waals surface area contributed by atoms with Crippen LogP contribution in [0.4, 0.5) is 0 Å². The SMILES string of the molecule is COc1cccc(CCN(CCc2ccc(O)cc2)CC2CCC2)c1. The lowest BCUT2D eigenvalue weighted by Crippen LogP contribution is -2.35. The number of rotatable bonds is 9. The second kappa shape index (κ2) is 8.91. The van der Waals surface area contributed by atoms with Crippen molar-refractivity contribution >= 4 is 0 Å². The van der Waals surface area contributed by atoms with Crippen LogP contribution in [0.2, 0.25) is 0 Å². The lowest BCUT2D eigenvalue weighted by Gasteiger charge is -2.32. The van der Waals surface area contributed by atoms with E-state index in [0.29, 0.717) is 5.75 Å². The Hall–Kier alpha value is -2.00. The molecule has 1 N–H and O–H groups in total. The predicted molar refractivity (Wildman–Crippen MR) is 102 cm³/mol. The van der Waals surface area contributed by atoms with Crippen molar-refractivity contribution in [1.29, 1.82) is 0 Å². The van der Waals surface area contributed by atoms with Gasteiger partial charge in [-0.15, -0.1) is 0 Å². The third-order valence-corrected chi connectivity index (χ3v) is 5.25. The van der Waals surface area contributed by atoms with Crippen LogP contribution in [0, 0.1) is 5.92 Å². The first-order chi connectivity index (χ1) is 12.2. The van der Waals surface area contributed by atoms with E-state index in [1.54, 1.807) is 19.2 Å². The van der Waals surface area contributed by atoms with E-state index >= 15 is 0 Å². The third-order valence-electron chi connectivity index (χ3n) is 5.25. The Morgan fingerprint density at radius 1 is 1.00 bits per heavy atom. The molecule has 1 aliphatic carbocycles. The van der Waals surface area contributed by atoms with Gasteiger partial charge in [0.1, 0.15) is 11.5 Å². The van der Waals surface area contributed by atoms with Crippen molar-refractivity contribution in [1.82, 2.24) is 4.90 Å². The quantitative estimate of drug-likeness (QED) is 0.740. The number of nitrogens with zero attached hydrogens (tertiary/aromatic N) is 1. The maximum atomic E-state index is 9.42. The summed E-state index contributed by atoms with van der Waals surface area (Å²) in [6, 6.07) is 16.0. The van der Waals surface area contributed by atoms with Crippen molar-refractivity contribution in [3.8, 4) is 11.5 Å². The summed E-state index contributed by atoms with van der Waals surface area (Å²) in [5, 5.41) is 9.42. The fourth-order valence-corrected chi connectivity index (χ4v) is 3.40. The van der Waals surface area contributed by atoms with Crippen molar-refractivity contribution in [3.05, 3.63) is 59.7 Å². The molecule has 134 valence electrons. The standard InChI is InChI=1S/C22H29NO2/c1-25-22-7-3-4-19(16-22)13-15-23(17-20-5-2-6-20)14-12-18-8-10-21(24)11-9-18/h3-4,7-11,16,20,24H,2,5-6,12-15,17H2,1H3. The van der Waals surface area contributed by atoms with E-state index in [-0.39, 0.29) is 0 Å². The highest BCUT2D eigenvalue weighted by Gasteiger charge is 2.20. The van der Waals surface area contributed by atoms with Crippen molar-refractivity contribution in [2.75, 3.05) is 26.7 Å². The van der Waals surface area contributed by atoms with Crippen LogP contribution in [0.3, 0.4) is 0 Å². The molecule has 0 aliphatic heterocycles. The third kappa shape index (κ3) is 5.50. The van der Waals surface area contributed by atoms with Gasteiger partial charge in [0.05, 0.1) is 7.11 Å². The predicted octanol–water partition coefficient (Wildman–Crippen LogP) is 4.29. The zero-order valence-corrected chi connectivity index (χ0v) is 15.2. The van der Waals surface area contributed by atoms with Gasteiger partial charge in [-0.2, -0.15) is 0 Å². The molecule has 2 aromatic rings. The average Bonchev–Trinajstić information content (AvgIpc) is 2.61. The van der Waals surface area contributed by atoms with Crippen LogP contribution in [0.1, 0.15) is 30.4 Å². The average molecular weight is 339 g/mol. The molecule has 3 rings (SSSR count). The van der Waals surface area contributed by atoms with E-state index in [1.165, 1.54) is 36.9 Å². The number of hydrogen-bond acceptors (Lipinski definition) is 3. The van der Waals surface area contributed by atoms with Crippen molar-refractivity contribution in [3.63, 3.8) is 0 Å². The molecule has 2 aromatic carbocycles. The highest BCUT2D eigenvalue weighted by Crippen LogP contribution is 2.27. The molecule has 0 spiro atoms. The molecule has 0 aromatic heterocycles. The van der Waals surface area contributed by atoms with Gasteiger partial charge >= 0.3 is 0 Å². The highest BCUT2D eigenvalue weighted by atomic mass is 16.5. The van der Waals surface area contributed by atoms with Crippen LogP contribution >= 0.6 is 0 Å². The fourth-order valence-electron chi connectivity index (χ4n) is 3.40. The van der Waals surface area contributed by atoms with Gasteiger partial charge in [0.25, 0.3) is 0 Å². The number of phenolic OH excluding ortho intramolecular Hbond substituents is 1. The molecule has 1 saturated carbocycles. The summed E-state index contributed by atoms with van der Waals surface area (Å²) in [5.41, 5.74) is 2.63. The lowest BCUT2D eigenvalue weighted by molar-refractivity contribution is 0.180. The van der Waals surface area contributed by atoms with Crippen LogP contribution in [-0.2, 0) is 12.8 Å². The van der Waals surface area contributed by atoms with Gasteiger partial charge in [-0.1, -0.05) is 30.7 Å². The van der Waals surface area contributed by atoms with Crippen molar-refractivity contribution in [2.45, 2.75) is 32.1 Å². The van der Waals surface area contributed by atoms with Crippen LogP contribution in [0.5, 0.6) is 11.5 Å². The Labute approximate surface area is 151 Å². The fraction of sp³-hybridized carbons (Fsp3) is 0.455. The van der Waals surface area contributed by atoms with Crippen LogP contribution < -0.4 is 4.74 Å². The Kier molecular flexibility index (Phi) is 6.35. The number of benzene rings is 2. The summed E-state index contributed by atoms with van der Waals surface area (Å²) in [5.74, 6) is 2.16. The molecule has 1 aliphatic rings. The molecule has 0 bridgehead atoms. The largest absolute Gasteiger partial charge is 0.508 e. The Balaban J connectivity index is 1.55. The van der Waals surface area contributed by atoms with Crippen LogP contribution in [0.15, 0.2) is 48.5 Å². The molecule has 0 heterocycles. The minimum Gasteiger partial charge on any atom is -0.508 e. The summed E-state index contributed by atoms with van der Waals surface area (Å²) >= 11 is 0. The second-order valence-electron chi connectivity index (χ2n) is 7.12. The molecule has 0 saturated heterocycles. The summed E-state index contributed by atoms with van der Waals surface area (Å²) in [6.45, 7) is 3.37. The second-order valence-corrected chi connectivity index (χ2v) is 7.12. The first-order valence-corrected chi connectivity index (χ1v) is 9.36. The van der Waals surface area contributed by atoms with Gasteiger partial charge in [0.2, 0.25) is 0 Å². The Morgan fingerprint density at radius 2 is 1.72 bits per heavy atom. The molecule has 0 amide bonds. The number of ether oxygens (including phenoxy) is 1. The maximum Gasteiger partial charge on any atom is 0.119 e. The molecule has 1 fully saturated rings. The molecular formula is C22H29NO2. The molecule has 0 atom stereocenters. The minimum atomic E-state index is 0.341. The zero-order valence-electron chi connectivity index (χ0n) is 15.2. The Morgan fingerprint density at radius 3 is 2.36 bits per heavy atom. The van der Waals surface area contributed by atoms with Gasteiger partial charge in [-0.3, -0.25) is 0 Å². The maximum absolute atomic E-state index is 9.42. The first kappa shape index (κ1) is 17.8. The number of hydrogen-bond donors (Lipinski definition) is 1. The molecule has 0 radical (unpaired) electrons. The van der Waals surface area contributed by atoms with Gasteiger partial charge in [-0.25, -0.2) is 0 Å². The van der Waals surface area contributed by atoms with Gasteiger partial charge in [0, 0.05) is 19.6 Å². The summed E-state index contributed by atoms with van der Waals surface area (Å²) in [6.07, 6.45) is 6.25. The van der Waals surface area contributed by atoms with E-state index in [2.05, 4.69) is 23.1 Å². The summed E-state index contributed by atoms with van der Waals surface area (Å²) < 4.78 is 5.33. The summed E-state index contributed by atoms with van der Waals surface area (Å²) in [7, 11) is 1.72. The minimum absolute atomic E-state index is 0.341. The number of phenols is 1. The smallest absolute Gasteiger partial charge is 0.119 e. The van der Waals surface area contributed by atoms with E-state index in [4.69, 9.17) is 4.74 Å². The highest BCUT2D eigenvalue weighted by molar-refractivity contribution is 5.28. The topological polar surface area (TPSA) is 32.7 Å². The van der Waals surface area contributed by atoms with Crippen LogP contribution in [0.25, 0.3) is 0 Å². The normalized spacial score (nSPS) is 14.5. The molecule has 25 heavy (non-hydrogen) atoms. The van der Waals surface area contributed by atoms with E-state index in [0.717, 1.165) is 37.6 Å². The van der Waals surface area contributed by atoms with Gasteiger partial charge in [0.15, 0.2) is 0 Å². The van der Waals surface area contributed by atoms with E-state index in [1.807, 2.05) is 18.2 Å². The van der Waals surface area contributed by atoms with Crippen LogP contribution in [-0.4, -0.2) is 36.8 Å². The molecule has 3 nitrogen and oxygen atoms in total. The van der Waals surface area contributed by atoms with E-state index in [9.17, 15) is 5.11 Å².